The fraction of sp³-hybridized carbons (Fsp3) is 0.636. The maximum atomic E-state index is 11.5. The number of aliphatic hydroxyl groups is 1. The van der Waals surface area contributed by atoms with E-state index in [-0.39, 0.29) is 0 Å². The fourth-order valence-electron chi connectivity index (χ4n) is 5.59. The number of aromatic nitrogens is 1. The third-order valence-electron chi connectivity index (χ3n) is 7.29. The van der Waals surface area contributed by atoms with E-state index in [0.29, 0.717) is 12.0 Å². The van der Waals surface area contributed by atoms with Crippen LogP contribution >= 0.6 is 0 Å². The van der Waals surface area contributed by atoms with Gasteiger partial charge in [-0.2, -0.15) is 0 Å². The molecule has 2 atom stereocenters. The number of nitrogens with one attached hydrogen (secondary N) is 1. The van der Waals surface area contributed by atoms with Crippen LogP contribution in [0.2, 0.25) is 0 Å². The van der Waals surface area contributed by atoms with Crippen molar-refractivity contribution < 1.29 is 5.11 Å². The van der Waals surface area contributed by atoms with E-state index in [2.05, 4.69) is 46.2 Å². The Morgan fingerprint density at radius 1 is 1.12 bits per heavy atom. The SMILES string of the molecule is CN1CCC(c2c[nH]c3ccc([C@@]4(O)CCN5CCC[C@H]5C4)cc23)CC1. The van der Waals surface area contributed by atoms with E-state index >= 15 is 0 Å². The Morgan fingerprint density at radius 2 is 1.96 bits per heavy atom. The summed E-state index contributed by atoms with van der Waals surface area (Å²) in [6, 6.07) is 7.21. The minimum atomic E-state index is -0.652. The van der Waals surface area contributed by atoms with Crippen molar-refractivity contribution in [2.24, 2.45) is 0 Å². The Labute approximate surface area is 156 Å². The summed E-state index contributed by atoms with van der Waals surface area (Å²) >= 11 is 0. The van der Waals surface area contributed by atoms with Crippen LogP contribution in [0, 0.1) is 0 Å². The third-order valence-corrected chi connectivity index (χ3v) is 7.29. The van der Waals surface area contributed by atoms with Crippen molar-refractivity contribution in [3.05, 3.63) is 35.5 Å². The molecule has 0 saturated carbocycles. The number of piperidine rings is 2. The molecule has 0 bridgehead atoms. The van der Waals surface area contributed by atoms with Crippen LogP contribution in [-0.2, 0) is 5.60 Å². The van der Waals surface area contributed by atoms with Crippen molar-refractivity contribution in [2.75, 3.05) is 33.2 Å². The van der Waals surface area contributed by atoms with Crippen LogP contribution < -0.4 is 0 Å². The van der Waals surface area contributed by atoms with E-state index in [1.54, 1.807) is 0 Å². The number of rotatable bonds is 2. The number of hydrogen-bond acceptors (Lipinski definition) is 3. The molecule has 1 aromatic carbocycles. The number of benzene rings is 1. The van der Waals surface area contributed by atoms with Gasteiger partial charge in [0.15, 0.2) is 0 Å². The van der Waals surface area contributed by atoms with Crippen LogP contribution in [0.5, 0.6) is 0 Å². The van der Waals surface area contributed by atoms with Gasteiger partial charge in [-0.15, -0.1) is 0 Å². The smallest absolute Gasteiger partial charge is 0.0923 e. The number of aromatic amines is 1. The van der Waals surface area contributed by atoms with Gasteiger partial charge in [-0.25, -0.2) is 0 Å². The first-order valence-corrected chi connectivity index (χ1v) is 10.4. The van der Waals surface area contributed by atoms with Gasteiger partial charge in [0, 0.05) is 29.7 Å². The number of fused-ring (bicyclic) bond motifs is 2. The molecule has 1 aromatic heterocycles. The number of nitrogens with zero attached hydrogens (tertiary/aromatic N) is 2. The summed E-state index contributed by atoms with van der Waals surface area (Å²) in [6.45, 7) is 4.61. The molecule has 0 radical (unpaired) electrons. The molecule has 3 fully saturated rings. The molecule has 0 amide bonds. The van der Waals surface area contributed by atoms with Gasteiger partial charge in [0.05, 0.1) is 5.60 Å². The molecular formula is C22H31N3O. The molecule has 140 valence electrons. The van der Waals surface area contributed by atoms with Crippen LogP contribution in [0.4, 0.5) is 0 Å². The molecule has 0 spiro atoms. The van der Waals surface area contributed by atoms with Gasteiger partial charge in [0.25, 0.3) is 0 Å². The molecule has 2 N–H and O–H groups in total. The summed E-state index contributed by atoms with van der Waals surface area (Å²) < 4.78 is 0. The highest BCUT2D eigenvalue weighted by atomic mass is 16.3. The second-order valence-corrected chi connectivity index (χ2v) is 8.90. The zero-order valence-electron chi connectivity index (χ0n) is 15.9. The monoisotopic (exact) mass is 353 g/mol. The number of H-pyrrole nitrogens is 1. The van der Waals surface area contributed by atoms with Crippen LogP contribution in [-0.4, -0.2) is 59.2 Å². The van der Waals surface area contributed by atoms with Gasteiger partial charge in [-0.1, -0.05) is 6.07 Å². The quantitative estimate of drug-likeness (QED) is 0.869. The highest BCUT2D eigenvalue weighted by Crippen LogP contribution is 2.41. The van der Waals surface area contributed by atoms with Crippen LogP contribution in [0.3, 0.4) is 0 Å². The minimum absolute atomic E-state index is 0.573. The Bertz CT molecular complexity index is 792. The van der Waals surface area contributed by atoms with Gasteiger partial charge in [-0.3, -0.25) is 0 Å². The van der Waals surface area contributed by atoms with Crippen molar-refractivity contribution in [1.82, 2.24) is 14.8 Å². The van der Waals surface area contributed by atoms with E-state index in [1.165, 1.54) is 61.8 Å². The standard InChI is InChI=1S/C22H31N3O/c1-24-10-6-16(7-11-24)20-15-23-21-5-4-17(13-19(20)21)22(26)8-12-25-9-2-3-18(25)14-22/h4-5,13,15-16,18,23,26H,2-3,6-12,14H2,1H3/t18-,22+/m0/s1. The Kier molecular flexibility index (Phi) is 4.11. The lowest BCUT2D eigenvalue weighted by Crippen LogP contribution is -2.45. The van der Waals surface area contributed by atoms with Crippen LogP contribution in [0.25, 0.3) is 10.9 Å². The minimum Gasteiger partial charge on any atom is -0.385 e. The van der Waals surface area contributed by atoms with Gasteiger partial charge in [0.2, 0.25) is 0 Å². The maximum Gasteiger partial charge on any atom is 0.0923 e. The fourth-order valence-corrected chi connectivity index (χ4v) is 5.59. The molecule has 5 rings (SSSR count). The lowest BCUT2D eigenvalue weighted by molar-refractivity contribution is -0.0408. The zero-order chi connectivity index (χ0) is 17.7. The van der Waals surface area contributed by atoms with E-state index in [1.807, 2.05) is 0 Å². The average Bonchev–Trinajstić information content (AvgIpc) is 3.28. The van der Waals surface area contributed by atoms with Gasteiger partial charge in [-0.05, 0) is 94.4 Å². The lowest BCUT2D eigenvalue weighted by atomic mass is 9.80. The first-order chi connectivity index (χ1) is 12.6. The molecule has 3 saturated heterocycles. The number of likely N-dealkylation sites (tertiary alicyclic amines) is 1. The van der Waals surface area contributed by atoms with Crippen molar-refractivity contribution in [1.29, 1.82) is 0 Å². The van der Waals surface area contributed by atoms with Crippen molar-refractivity contribution in [3.63, 3.8) is 0 Å². The molecule has 2 aromatic rings. The third kappa shape index (κ3) is 2.79. The molecule has 26 heavy (non-hydrogen) atoms. The summed E-state index contributed by atoms with van der Waals surface area (Å²) in [4.78, 5) is 8.47. The second-order valence-electron chi connectivity index (χ2n) is 8.90. The Hall–Kier alpha value is -1.36. The number of hydrogen-bond donors (Lipinski definition) is 2. The van der Waals surface area contributed by atoms with E-state index in [9.17, 15) is 5.11 Å². The highest BCUT2D eigenvalue weighted by molar-refractivity contribution is 5.84. The molecule has 4 nitrogen and oxygen atoms in total. The maximum absolute atomic E-state index is 11.5. The van der Waals surface area contributed by atoms with E-state index in [0.717, 1.165) is 24.9 Å². The van der Waals surface area contributed by atoms with Crippen molar-refractivity contribution >= 4 is 10.9 Å². The molecule has 4 heterocycles. The molecule has 3 aliphatic heterocycles. The van der Waals surface area contributed by atoms with Crippen molar-refractivity contribution in [3.8, 4) is 0 Å². The van der Waals surface area contributed by atoms with Crippen molar-refractivity contribution in [2.45, 2.75) is 56.1 Å². The first kappa shape index (κ1) is 16.8. The lowest BCUT2D eigenvalue weighted by Gasteiger charge is -2.41. The summed E-state index contributed by atoms with van der Waals surface area (Å²) in [7, 11) is 2.22. The average molecular weight is 354 g/mol. The van der Waals surface area contributed by atoms with Crippen LogP contribution in [0.1, 0.15) is 55.6 Å². The zero-order valence-corrected chi connectivity index (χ0v) is 15.9. The largest absolute Gasteiger partial charge is 0.385 e. The van der Waals surface area contributed by atoms with Gasteiger partial charge >= 0.3 is 0 Å². The van der Waals surface area contributed by atoms with Gasteiger partial charge in [0.1, 0.15) is 0 Å². The predicted octanol–water partition coefficient (Wildman–Crippen LogP) is 3.42. The summed E-state index contributed by atoms with van der Waals surface area (Å²) in [6.07, 6.45) is 8.97. The second kappa shape index (κ2) is 6.36. The van der Waals surface area contributed by atoms with Crippen LogP contribution in [0.15, 0.2) is 24.4 Å². The molecule has 0 unspecified atom stereocenters. The summed E-state index contributed by atoms with van der Waals surface area (Å²) in [5.74, 6) is 0.640. The topological polar surface area (TPSA) is 42.5 Å². The van der Waals surface area contributed by atoms with E-state index < -0.39 is 5.60 Å². The van der Waals surface area contributed by atoms with E-state index in [4.69, 9.17) is 0 Å². The molecule has 4 heteroatoms. The Morgan fingerprint density at radius 3 is 2.81 bits per heavy atom. The summed E-state index contributed by atoms with van der Waals surface area (Å²) in [5, 5.41) is 12.8. The molecule has 3 aliphatic rings. The molecular weight excluding hydrogens is 322 g/mol. The highest BCUT2D eigenvalue weighted by Gasteiger charge is 2.41. The summed E-state index contributed by atoms with van der Waals surface area (Å²) in [5.41, 5.74) is 3.15. The Balaban J connectivity index is 1.46. The predicted molar refractivity (Wildman–Crippen MR) is 105 cm³/mol. The molecule has 0 aliphatic carbocycles. The van der Waals surface area contributed by atoms with Gasteiger partial charge < -0.3 is 19.9 Å². The first-order valence-electron chi connectivity index (χ1n) is 10.4. The normalized spacial score (nSPS) is 31.5.